The normalized spacial score (nSPS) is 11.4. The Morgan fingerprint density at radius 1 is 1.03 bits per heavy atom. The van der Waals surface area contributed by atoms with Gasteiger partial charge < -0.3 is 0 Å². The van der Waals surface area contributed by atoms with Crippen molar-refractivity contribution in [2.45, 2.75) is 9.79 Å². The Balaban J connectivity index is 1.78. The molecule has 0 unspecified atom stereocenters. The van der Waals surface area contributed by atoms with E-state index in [-0.39, 0.29) is 4.90 Å². The molecule has 0 aliphatic heterocycles. The predicted octanol–water partition coefficient (Wildman–Crippen LogP) is 4.52. The quantitative estimate of drug-likeness (QED) is 0.270. The van der Waals surface area contributed by atoms with E-state index >= 15 is 0 Å². The van der Waals surface area contributed by atoms with Crippen LogP contribution in [0, 0.1) is 0 Å². The molecule has 3 aromatic carbocycles. The van der Waals surface area contributed by atoms with E-state index in [9.17, 15) is 13.2 Å². The van der Waals surface area contributed by atoms with Crippen molar-refractivity contribution in [3.05, 3.63) is 88.9 Å². The number of amides is 1. The fraction of sp³-hybridized carbons (Fsp3) is 0.0909. The number of rotatable bonds is 8. The summed E-state index contributed by atoms with van der Waals surface area (Å²) in [5, 5.41) is 3.95. The van der Waals surface area contributed by atoms with Gasteiger partial charge in [-0.1, -0.05) is 46.3 Å². The molecule has 9 heteroatoms. The van der Waals surface area contributed by atoms with E-state index in [0.29, 0.717) is 5.69 Å². The Bertz CT molecular complexity index is 1150. The summed E-state index contributed by atoms with van der Waals surface area (Å²) in [7, 11) is -3.94. The number of hydrazone groups is 1. The maximum absolute atomic E-state index is 13.2. The van der Waals surface area contributed by atoms with Gasteiger partial charge in [-0.2, -0.15) is 5.10 Å². The van der Waals surface area contributed by atoms with Crippen LogP contribution < -0.4 is 9.73 Å². The summed E-state index contributed by atoms with van der Waals surface area (Å²) < 4.78 is 28.3. The van der Waals surface area contributed by atoms with Gasteiger partial charge in [0.1, 0.15) is 6.54 Å². The molecule has 0 saturated heterocycles. The lowest BCUT2D eigenvalue weighted by Gasteiger charge is -2.23. The largest absolute Gasteiger partial charge is 0.271 e. The molecule has 0 heterocycles. The van der Waals surface area contributed by atoms with Crippen molar-refractivity contribution in [1.29, 1.82) is 0 Å². The van der Waals surface area contributed by atoms with Crippen LogP contribution in [-0.2, 0) is 14.8 Å². The standard InChI is InChI=1S/C22H20BrN3O3S2/c1-30-20-13-7-17(8-14-20)15-24-25-22(27)16-26(19-11-9-18(23)10-12-19)31(28,29)21-5-3-2-4-6-21/h2-15H,16H2,1H3,(H,25,27)/b24-15-. The Morgan fingerprint density at radius 2 is 1.68 bits per heavy atom. The zero-order valence-corrected chi connectivity index (χ0v) is 19.8. The topological polar surface area (TPSA) is 78.8 Å². The number of nitrogens with one attached hydrogen (secondary N) is 1. The number of sulfonamides is 1. The fourth-order valence-electron chi connectivity index (χ4n) is 2.68. The van der Waals surface area contributed by atoms with Crippen molar-refractivity contribution in [3.8, 4) is 0 Å². The van der Waals surface area contributed by atoms with Gasteiger partial charge >= 0.3 is 0 Å². The summed E-state index contributed by atoms with van der Waals surface area (Å²) in [6.07, 6.45) is 3.50. The molecule has 0 fully saturated rings. The number of thioether (sulfide) groups is 1. The Hall–Kier alpha value is -2.62. The fourth-order valence-corrected chi connectivity index (χ4v) is 4.79. The maximum Gasteiger partial charge on any atom is 0.264 e. The molecule has 3 rings (SSSR count). The molecule has 0 aliphatic rings. The second-order valence-corrected chi connectivity index (χ2v) is 10.0. The van der Waals surface area contributed by atoms with Gasteiger partial charge in [-0.15, -0.1) is 11.8 Å². The van der Waals surface area contributed by atoms with E-state index in [4.69, 9.17) is 0 Å². The summed E-state index contributed by atoms with van der Waals surface area (Å²) in [5.74, 6) is -0.556. The average Bonchev–Trinajstić information content (AvgIpc) is 2.79. The van der Waals surface area contributed by atoms with Crippen molar-refractivity contribution >= 4 is 55.5 Å². The third-order valence-electron chi connectivity index (χ3n) is 4.25. The number of carbonyl (C=O) groups excluding carboxylic acids is 1. The van der Waals surface area contributed by atoms with Crippen LogP contribution in [0.25, 0.3) is 0 Å². The number of halogens is 1. The van der Waals surface area contributed by atoms with Gasteiger partial charge in [0.2, 0.25) is 0 Å². The van der Waals surface area contributed by atoms with Crippen LogP contribution in [0.3, 0.4) is 0 Å². The molecule has 0 spiro atoms. The highest BCUT2D eigenvalue weighted by Gasteiger charge is 2.27. The number of hydrogen-bond acceptors (Lipinski definition) is 5. The number of benzene rings is 3. The maximum atomic E-state index is 13.2. The minimum absolute atomic E-state index is 0.100. The first kappa shape index (κ1) is 23.1. The summed E-state index contributed by atoms with van der Waals surface area (Å²) in [6, 6.07) is 22.4. The number of anilines is 1. The predicted molar refractivity (Wildman–Crippen MR) is 129 cm³/mol. The van der Waals surface area contributed by atoms with Crippen molar-refractivity contribution in [2.75, 3.05) is 17.1 Å². The smallest absolute Gasteiger partial charge is 0.264 e. The van der Waals surface area contributed by atoms with Gasteiger partial charge in [0.05, 0.1) is 16.8 Å². The summed E-state index contributed by atoms with van der Waals surface area (Å²) >= 11 is 4.97. The number of carbonyl (C=O) groups is 1. The zero-order valence-electron chi connectivity index (χ0n) is 16.6. The monoisotopic (exact) mass is 517 g/mol. The third-order valence-corrected chi connectivity index (χ3v) is 7.31. The van der Waals surface area contributed by atoms with Gasteiger partial charge in [-0.3, -0.25) is 9.10 Å². The zero-order chi connectivity index (χ0) is 22.3. The minimum atomic E-state index is -3.94. The van der Waals surface area contributed by atoms with Crippen LogP contribution in [0.5, 0.6) is 0 Å². The van der Waals surface area contributed by atoms with Crippen molar-refractivity contribution in [2.24, 2.45) is 5.10 Å². The van der Waals surface area contributed by atoms with E-state index in [0.717, 1.165) is 19.2 Å². The van der Waals surface area contributed by atoms with Crippen molar-refractivity contribution in [3.63, 3.8) is 0 Å². The van der Waals surface area contributed by atoms with Gasteiger partial charge in [-0.05, 0) is 60.4 Å². The highest BCUT2D eigenvalue weighted by atomic mass is 79.9. The summed E-state index contributed by atoms with van der Waals surface area (Å²) in [4.78, 5) is 13.7. The van der Waals surface area contributed by atoms with E-state index < -0.39 is 22.5 Å². The molecule has 0 bridgehead atoms. The lowest BCUT2D eigenvalue weighted by Crippen LogP contribution is -2.39. The average molecular weight is 518 g/mol. The van der Waals surface area contributed by atoms with E-state index in [2.05, 4.69) is 26.5 Å². The third kappa shape index (κ3) is 6.19. The molecule has 31 heavy (non-hydrogen) atoms. The second kappa shape index (κ2) is 10.6. The first-order valence-electron chi connectivity index (χ1n) is 9.19. The molecule has 0 aromatic heterocycles. The second-order valence-electron chi connectivity index (χ2n) is 6.37. The van der Waals surface area contributed by atoms with Crippen LogP contribution in [-0.4, -0.2) is 33.3 Å². The Morgan fingerprint density at radius 3 is 2.29 bits per heavy atom. The lowest BCUT2D eigenvalue weighted by molar-refractivity contribution is -0.119. The first-order chi connectivity index (χ1) is 14.9. The van der Waals surface area contributed by atoms with E-state index in [1.807, 2.05) is 30.5 Å². The molecule has 6 nitrogen and oxygen atoms in total. The first-order valence-corrected chi connectivity index (χ1v) is 12.7. The molecule has 3 aromatic rings. The van der Waals surface area contributed by atoms with Crippen LogP contribution >= 0.6 is 27.7 Å². The Kier molecular flexibility index (Phi) is 7.89. The van der Waals surface area contributed by atoms with Crippen LogP contribution in [0.4, 0.5) is 5.69 Å². The molecule has 0 saturated carbocycles. The molecule has 1 amide bonds. The highest BCUT2D eigenvalue weighted by Crippen LogP contribution is 2.25. The summed E-state index contributed by atoms with van der Waals surface area (Å²) in [5.41, 5.74) is 3.60. The van der Waals surface area contributed by atoms with Gasteiger partial charge in [0, 0.05) is 9.37 Å². The molecule has 1 N–H and O–H groups in total. The van der Waals surface area contributed by atoms with Gasteiger partial charge in [0.15, 0.2) is 0 Å². The van der Waals surface area contributed by atoms with Crippen LogP contribution in [0.2, 0.25) is 0 Å². The van der Waals surface area contributed by atoms with E-state index in [1.54, 1.807) is 54.2 Å². The molecular weight excluding hydrogens is 498 g/mol. The molecular formula is C22H20BrN3O3S2. The molecule has 0 radical (unpaired) electrons. The highest BCUT2D eigenvalue weighted by molar-refractivity contribution is 9.10. The lowest BCUT2D eigenvalue weighted by atomic mass is 10.2. The number of hydrogen-bond donors (Lipinski definition) is 1. The Labute approximate surface area is 194 Å². The molecule has 160 valence electrons. The SMILES string of the molecule is CSc1ccc(/C=N\NC(=O)CN(c2ccc(Br)cc2)S(=O)(=O)c2ccccc2)cc1. The minimum Gasteiger partial charge on any atom is -0.271 e. The number of nitrogens with zero attached hydrogens (tertiary/aromatic N) is 2. The van der Waals surface area contributed by atoms with Crippen LogP contribution in [0.1, 0.15) is 5.56 Å². The molecule has 0 aliphatic carbocycles. The van der Waals surface area contributed by atoms with Gasteiger partial charge in [-0.25, -0.2) is 13.8 Å². The van der Waals surface area contributed by atoms with Crippen LogP contribution in [0.15, 0.2) is 98.2 Å². The van der Waals surface area contributed by atoms with Gasteiger partial charge in [0.25, 0.3) is 15.9 Å². The van der Waals surface area contributed by atoms with Crippen molar-refractivity contribution in [1.82, 2.24) is 5.43 Å². The molecule has 0 atom stereocenters. The summed E-state index contributed by atoms with van der Waals surface area (Å²) in [6.45, 7) is -0.415. The van der Waals surface area contributed by atoms with Crippen molar-refractivity contribution < 1.29 is 13.2 Å². The van der Waals surface area contributed by atoms with E-state index in [1.165, 1.54) is 18.3 Å².